The summed E-state index contributed by atoms with van der Waals surface area (Å²) >= 11 is 1.59. The van der Waals surface area contributed by atoms with Gasteiger partial charge in [0.2, 0.25) is 0 Å². The van der Waals surface area contributed by atoms with Crippen LogP contribution in [0.5, 0.6) is 0 Å². The molecule has 1 unspecified atom stereocenters. The second-order valence-corrected chi connectivity index (χ2v) is 10.0. The van der Waals surface area contributed by atoms with E-state index in [-0.39, 0.29) is 17.5 Å². The highest BCUT2D eigenvalue weighted by Gasteiger charge is 2.27. The number of H-pyrrole nitrogens is 1. The molecule has 0 bridgehead atoms. The summed E-state index contributed by atoms with van der Waals surface area (Å²) in [5.74, 6) is 0.0255. The lowest BCUT2D eigenvalue weighted by Gasteiger charge is -2.33. The molecule has 1 aliphatic heterocycles. The van der Waals surface area contributed by atoms with E-state index in [2.05, 4.69) is 30.7 Å². The molecule has 6 nitrogen and oxygen atoms in total. The van der Waals surface area contributed by atoms with Crippen LogP contribution in [-0.4, -0.2) is 38.4 Å². The van der Waals surface area contributed by atoms with Crippen molar-refractivity contribution in [3.05, 3.63) is 62.1 Å². The molecule has 7 heteroatoms. The highest BCUT2D eigenvalue weighted by Crippen LogP contribution is 2.29. The summed E-state index contributed by atoms with van der Waals surface area (Å²) in [5, 5.41) is 1.84. The number of thiophene rings is 1. The van der Waals surface area contributed by atoms with Gasteiger partial charge in [-0.3, -0.25) is 14.2 Å². The number of fused-ring (bicyclic) bond motifs is 2. The van der Waals surface area contributed by atoms with E-state index >= 15 is 0 Å². The molecule has 5 rings (SSSR count). The molecule has 1 amide bonds. The number of aromatic nitrogens is 3. The van der Waals surface area contributed by atoms with Crippen LogP contribution in [0.15, 0.2) is 29.3 Å². The van der Waals surface area contributed by atoms with Crippen molar-refractivity contribution in [1.29, 1.82) is 0 Å². The Morgan fingerprint density at radius 2 is 2.09 bits per heavy atom. The minimum absolute atomic E-state index is 0.0235. The van der Waals surface area contributed by atoms with Crippen molar-refractivity contribution in [2.24, 2.45) is 0 Å². The minimum Gasteiger partial charge on any atom is -0.358 e. The van der Waals surface area contributed by atoms with Crippen LogP contribution in [0.1, 0.15) is 57.9 Å². The fourth-order valence-corrected chi connectivity index (χ4v) is 6.07. The van der Waals surface area contributed by atoms with E-state index in [4.69, 9.17) is 0 Å². The van der Waals surface area contributed by atoms with Gasteiger partial charge in [0.05, 0.1) is 17.8 Å². The van der Waals surface area contributed by atoms with E-state index in [0.717, 1.165) is 56.5 Å². The number of nitrogens with one attached hydrogen (secondary N) is 1. The Hall–Kier alpha value is -2.93. The number of benzene rings is 1. The number of piperidine rings is 1. The van der Waals surface area contributed by atoms with Crippen molar-refractivity contribution in [3.8, 4) is 0 Å². The van der Waals surface area contributed by atoms with Crippen LogP contribution in [0.3, 0.4) is 0 Å². The zero-order valence-corrected chi connectivity index (χ0v) is 19.8. The molecular formula is C25H28N4O2S. The normalized spacial score (nSPS) is 16.9. The third-order valence-corrected chi connectivity index (χ3v) is 7.98. The first-order chi connectivity index (χ1) is 15.4. The number of rotatable bonds is 3. The Morgan fingerprint density at radius 3 is 2.88 bits per heavy atom. The van der Waals surface area contributed by atoms with Crippen LogP contribution >= 0.6 is 11.3 Å². The quantitative estimate of drug-likeness (QED) is 0.484. The molecular weight excluding hydrogens is 420 g/mol. The standard InChI is InChI=1S/C25H28N4O2S/c1-5-19-16(4)32-23-22(19)25(31)29(13-26-23)18-7-6-10-28(12-18)24(30)17-8-9-21-20(11-17)14(2)15(3)27-21/h8-9,11,13,18,27H,5-7,10,12H2,1-4H3. The van der Waals surface area contributed by atoms with E-state index in [1.165, 1.54) is 5.56 Å². The van der Waals surface area contributed by atoms with Gasteiger partial charge in [-0.25, -0.2) is 4.98 Å². The smallest absolute Gasteiger partial charge is 0.262 e. The second-order valence-electron chi connectivity index (χ2n) is 8.81. The van der Waals surface area contributed by atoms with Crippen molar-refractivity contribution >= 4 is 38.4 Å². The first-order valence-electron chi connectivity index (χ1n) is 11.3. The summed E-state index contributed by atoms with van der Waals surface area (Å²) in [7, 11) is 0. The highest BCUT2D eigenvalue weighted by atomic mass is 32.1. The third kappa shape index (κ3) is 3.26. The van der Waals surface area contributed by atoms with Gasteiger partial charge in [0.1, 0.15) is 4.83 Å². The maximum Gasteiger partial charge on any atom is 0.262 e. The van der Waals surface area contributed by atoms with Gasteiger partial charge in [0.25, 0.3) is 11.5 Å². The molecule has 32 heavy (non-hydrogen) atoms. The summed E-state index contributed by atoms with van der Waals surface area (Å²) in [6.07, 6.45) is 4.24. The molecule has 1 aromatic carbocycles. The minimum atomic E-state index is -0.0537. The predicted octanol–water partition coefficient (Wildman–Crippen LogP) is 4.90. The molecule has 0 radical (unpaired) electrons. The van der Waals surface area contributed by atoms with Gasteiger partial charge in [-0.2, -0.15) is 0 Å². The van der Waals surface area contributed by atoms with Gasteiger partial charge >= 0.3 is 0 Å². The molecule has 4 aromatic rings. The fraction of sp³-hybridized carbons (Fsp3) is 0.400. The van der Waals surface area contributed by atoms with E-state index in [9.17, 15) is 9.59 Å². The van der Waals surface area contributed by atoms with Crippen molar-refractivity contribution in [3.63, 3.8) is 0 Å². The van der Waals surface area contributed by atoms with Crippen molar-refractivity contribution in [1.82, 2.24) is 19.4 Å². The lowest BCUT2D eigenvalue weighted by atomic mass is 10.0. The number of carbonyl (C=O) groups is 1. The Bertz CT molecular complexity index is 1410. The first kappa shape index (κ1) is 20.9. The molecule has 0 saturated carbocycles. The molecule has 1 N–H and O–H groups in total. The zero-order valence-electron chi connectivity index (χ0n) is 19.0. The van der Waals surface area contributed by atoms with Gasteiger partial charge in [0.15, 0.2) is 0 Å². The maximum absolute atomic E-state index is 13.4. The Labute approximate surface area is 190 Å². The van der Waals surface area contributed by atoms with Gasteiger partial charge in [-0.05, 0) is 69.4 Å². The monoisotopic (exact) mass is 448 g/mol. The van der Waals surface area contributed by atoms with Gasteiger partial charge < -0.3 is 9.88 Å². The van der Waals surface area contributed by atoms with Crippen LogP contribution in [-0.2, 0) is 6.42 Å². The SMILES string of the molecule is CCc1c(C)sc2ncn(C3CCCN(C(=O)c4ccc5[nH]c(C)c(C)c5c4)C3)c(=O)c12. The summed E-state index contributed by atoms with van der Waals surface area (Å²) in [6.45, 7) is 9.50. The number of likely N-dealkylation sites (tertiary alicyclic amines) is 1. The molecule has 4 heterocycles. The van der Waals surface area contributed by atoms with Gasteiger partial charge in [-0.15, -0.1) is 11.3 Å². The summed E-state index contributed by atoms with van der Waals surface area (Å²) in [4.78, 5) is 38.6. The number of amides is 1. The Morgan fingerprint density at radius 1 is 1.28 bits per heavy atom. The molecule has 1 atom stereocenters. The Balaban J connectivity index is 1.46. The van der Waals surface area contributed by atoms with E-state index < -0.39 is 0 Å². The van der Waals surface area contributed by atoms with Gasteiger partial charge in [-0.1, -0.05) is 6.92 Å². The zero-order chi connectivity index (χ0) is 22.6. The summed E-state index contributed by atoms with van der Waals surface area (Å²) in [6, 6.07) is 5.81. The summed E-state index contributed by atoms with van der Waals surface area (Å²) in [5.41, 5.74) is 5.18. The molecule has 0 aliphatic carbocycles. The topological polar surface area (TPSA) is 71.0 Å². The maximum atomic E-state index is 13.4. The van der Waals surface area contributed by atoms with Crippen molar-refractivity contribution in [2.75, 3.05) is 13.1 Å². The fourth-order valence-electron chi connectivity index (χ4n) is 5.00. The van der Waals surface area contributed by atoms with Gasteiger partial charge in [0, 0.05) is 40.1 Å². The number of carbonyl (C=O) groups excluding carboxylic acids is 1. The largest absolute Gasteiger partial charge is 0.358 e. The van der Waals surface area contributed by atoms with Crippen LogP contribution < -0.4 is 5.56 Å². The van der Waals surface area contributed by atoms with Crippen LogP contribution in [0.2, 0.25) is 0 Å². The van der Waals surface area contributed by atoms with E-state index in [1.54, 1.807) is 22.2 Å². The first-order valence-corrected chi connectivity index (χ1v) is 12.1. The van der Waals surface area contributed by atoms with Crippen LogP contribution in [0.25, 0.3) is 21.1 Å². The average molecular weight is 449 g/mol. The lowest BCUT2D eigenvalue weighted by Crippen LogP contribution is -2.43. The summed E-state index contributed by atoms with van der Waals surface area (Å²) < 4.78 is 1.76. The number of aromatic amines is 1. The molecule has 1 fully saturated rings. The third-order valence-electron chi connectivity index (χ3n) is 6.92. The second kappa shape index (κ2) is 7.89. The molecule has 1 saturated heterocycles. The predicted molar refractivity (Wildman–Crippen MR) is 130 cm³/mol. The molecule has 0 spiro atoms. The van der Waals surface area contributed by atoms with Crippen LogP contribution in [0.4, 0.5) is 0 Å². The molecule has 166 valence electrons. The number of nitrogens with zero attached hydrogens (tertiary/aromatic N) is 3. The lowest BCUT2D eigenvalue weighted by molar-refractivity contribution is 0.0677. The average Bonchev–Trinajstić information content (AvgIpc) is 3.28. The Kier molecular flexibility index (Phi) is 5.16. The number of hydrogen-bond acceptors (Lipinski definition) is 4. The van der Waals surface area contributed by atoms with E-state index in [0.29, 0.717) is 18.7 Å². The number of aryl methyl sites for hydroxylation is 4. The van der Waals surface area contributed by atoms with E-state index in [1.807, 2.05) is 30.0 Å². The van der Waals surface area contributed by atoms with Crippen molar-refractivity contribution < 1.29 is 4.79 Å². The van der Waals surface area contributed by atoms with Crippen LogP contribution in [0, 0.1) is 20.8 Å². The molecule has 3 aromatic heterocycles. The van der Waals surface area contributed by atoms with Crippen molar-refractivity contribution in [2.45, 2.75) is 53.0 Å². The number of hydrogen-bond donors (Lipinski definition) is 1. The highest BCUT2D eigenvalue weighted by molar-refractivity contribution is 7.18. The molecule has 1 aliphatic rings.